The number of rotatable bonds is 7. The van der Waals surface area contributed by atoms with Crippen molar-refractivity contribution in [2.24, 2.45) is 5.92 Å². The van der Waals surface area contributed by atoms with Crippen LogP contribution in [-0.2, 0) is 6.42 Å². The molecular formula is C39H59NO. The van der Waals surface area contributed by atoms with E-state index in [9.17, 15) is 0 Å². The van der Waals surface area contributed by atoms with Gasteiger partial charge >= 0.3 is 0 Å². The number of aromatic nitrogens is 1. The van der Waals surface area contributed by atoms with Gasteiger partial charge in [-0.3, -0.25) is 4.98 Å². The predicted molar refractivity (Wildman–Crippen MR) is 185 cm³/mol. The van der Waals surface area contributed by atoms with E-state index in [-0.39, 0.29) is 5.48 Å². The van der Waals surface area contributed by atoms with Crippen molar-refractivity contribution in [2.45, 2.75) is 114 Å². The molecule has 0 radical (unpaired) electrons. The predicted octanol–water partition coefficient (Wildman–Crippen LogP) is 11.7. The Morgan fingerprint density at radius 1 is 0.659 bits per heavy atom. The first-order valence-electron chi connectivity index (χ1n) is 15.9. The molecule has 2 nitrogen and oxygen atoms in total. The van der Waals surface area contributed by atoms with Crippen molar-refractivity contribution < 1.29 is 5.48 Å². The molecule has 1 atom stereocenters. The van der Waals surface area contributed by atoms with Crippen LogP contribution in [0.15, 0.2) is 72.9 Å². The molecule has 226 valence electrons. The normalized spacial score (nSPS) is 10.9. The quantitative estimate of drug-likeness (QED) is 0.223. The SMILES string of the molecule is CC.CC.CCCC.CCc1cc(C(C)C)cc(C(c2ccc3cc(-c4cccnc4C)ccc3c2)C(C)C)c1.O. The van der Waals surface area contributed by atoms with E-state index in [0.29, 0.717) is 17.8 Å². The Kier molecular flexibility index (Phi) is 18.5. The van der Waals surface area contributed by atoms with E-state index in [1.54, 1.807) is 0 Å². The fourth-order valence-electron chi connectivity index (χ4n) is 4.84. The Bertz CT molecular complexity index is 1270. The Morgan fingerprint density at radius 2 is 1.24 bits per heavy atom. The van der Waals surface area contributed by atoms with Gasteiger partial charge in [-0.1, -0.05) is 144 Å². The first-order chi connectivity index (χ1) is 19.3. The van der Waals surface area contributed by atoms with Crippen LogP contribution in [0.4, 0.5) is 0 Å². The number of aryl methyl sites for hydroxylation is 2. The van der Waals surface area contributed by atoms with E-state index < -0.39 is 0 Å². The fraction of sp³-hybridized carbons (Fsp3) is 0.462. The van der Waals surface area contributed by atoms with Gasteiger partial charge < -0.3 is 5.48 Å². The maximum atomic E-state index is 4.46. The average Bonchev–Trinajstić information content (AvgIpc) is 2.99. The van der Waals surface area contributed by atoms with Gasteiger partial charge in [0.15, 0.2) is 0 Å². The smallest absolute Gasteiger partial charge is 0.0450 e. The van der Waals surface area contributed by atoms with Crippen molar-refractivity contribution in [1.29, 1.82) is 0 Å². The highest BCUT2D eigenvalue weighted by molar-refractivity contribution is 5.88. The van der Waals surface area contributed by atoms with Gasteiger partial charge in [0.05, 0.1) is 0 Å². The monoisotopic (exact) mass is 557 g/mol. The fourth-order valence-corrected chi connectivity index (χ4v) is 4.84. The minimum atomic E-state index is 0. The second kappa shape index (κ2) is 20.0. The van der Waals surface area contributed by atoms with E-state index >= 15 is 0 Å². The summed E-state index contributed by atoms with van der Waals surface area (Å²) in [6.45, 7) is 26.0. The van der Waals surface area contributed by atoms with Crippen molar-refractivity contribution >= 4 is 10.8 Å². The number of benzene rings is 3. The molecule has 0 saturated carbocycles. The molecular weight excluding hydrogens is 498 g/mol. The van der Waals surface area contributed by atoms with E-state index in [1.165, 1.54) is 57.0 Å². The molecule has 4 rings (SSSR count). The Morgan fingerprint density at radius 3 is 1.78 bits per heavy atom. The molecule has 0 aliphatic carbocycles. The maximum absolute atomic E-state index is 4.46. The first-order valence-corrected chi connectivity index (χ1v) is 15.9. The number of fused-ring (bicyclic) bond motifs is 1. The summed E-state index contributed by atoms with van der Waals surface area (Å²) in [6.07, 6.45) is 5.57. The third-order valence-corrected chi connectivity index (χ3v) is 7.18. The van der Waals surface area contributed by atoms with Crippen LogP contribution in [-0.4, -0.2) is 10.5 Å². The Labute approximate surface area is 253 Å². The third-order valence-electron chi connectivity index (χ3n) is 7.18. The van der Waals surface area contributed by atoms with E-state index in [2.05, 4.69) is 121 Å². The lowest BCUT2D eigenvalue weighted by Gasteiger charge is -2.25. The molecule has 2 N–H and O–H groups in total. The van der Waals surface area contributed by atoms with Gasteiger partial charge in [-0.05, 0) is 75.9 Å². The molecule has 0 fully saturated rings. The van der Waals surface area contributed by atoms with Crippen molar-refractivity contribution in [1.82, 2.24) is 4.98 Å². The van der Waals surface area contributed by atoms with Crippen LogP contribution in [0.5, 0.6) is 0 Å². The lowest BCUT2D eigenvalue weighted by Crippen LogP contribution is -2.10. The van der Waals surface area contributed by atoms with Gasteiger partial charge in [-0.15, -0.1) is 0 Å². The highest BCUT2D eigenvalue weighted by Gasteiger charge is 2.20. The lowest BCUT2D eigenvalue weighted by molar-refractivity contribution is 0.563. The molecule has 0 bridgehead atoms. The molecule has 1 heterocycles. The average molecular weight is 558 g/mol. The van der Waals surface area contributed by atoms with Crippen LogP contribution in [0.1, 0.15) is 129 Å². The molecule has 2 heteroatoms. The van der Waals surface area contributed by atoms with Gasteiger partial charge in [-0.2, -0.15) is 0 Å². The van der Waals surface area contributed by atoms with E-state index in [4.69, 9.17) is 0 Å². The van der Waals surface area contributed by atoms with Crippen LogP contribution in [0.25, 0.3) is 21.9 Å². The zero-order chi connectivity index (χ0) is 30.2. The molecule has 4 aromatic rings. The Balaban J connectivity index is 0.00000161. The molecule has 1 aromatic heterocycles. The molecule has 0 spiro atoms. The first kappa shape index (κ1) is 38.0. The summed E-state index contributed by atoms with van der Waals surface area (Å²) >= 11 is 0. The van der Waals surface area contributed by atoms with Crippen molar-refractivity contribution in [3.8, 4) is 11.1 Å². The highest BCUT2D eigenvalue weighted by Crippen LogP contribution is 2.36. The van der Waals surface area contributed by atoms with Gasteiger partial charge in [0.25, 0.3) is 0 Å². The summed E-state index contributed by atoms with van der Waals surface area (Å²) in [5, 5.41) is 2.58. The molecule has 0 aliphatic heterocycles. The van der Waals surface area contributed by atoms with Crippen molar-refractivity contribution in [3.63, 3.8) is 0 Å². The van der Waals surface area contributed by atoms with Crippen LogP contribution >= 0.6 is 0 Å². The third kappa shape index (κ3) is 10.7. The zero-order valence-electron chi connectivity index (χ0n) is 28.2. The molecule has 0 saturated heterocycles. The van der Waals surface area contributed by atoms with E-state index in [1.807, 2.05) is 40.0 Å². The van der Waals surface area contributed by atoms with Crippen molar-refractivity contribution in [2.75, 3.05) is 0 Å². The summed E-state index contributed by atoms with van der Waals surface area (Å²) in [4.78, 5) is 4.46. The van der Waals surface area contributed by atoms with Gasteiger partial charge in [0.2, 0.25) is 0 Å². The summed E-state index contributed by atoms with van der Waals surface area (Å²) in [5.41, 5.74) is 9.24. The van der Waals surface area contributed by atoms with Gasteiger partial charge in [0.1, 0.15) is 0 Å². The highest BCUT2D eigenvalue weighted by atomic mass is 16.0. The van der Waals surface area contributed by atoms with Crippen LogP contribution < -0.4 is 0 Å². The standard InChI is InChI=1S/C31H35N.C4H10.2C2H6.H2O/c1-7-23-15-28(20(2)3)19-29(16-23)31(21(4)5)27-13-11-24-17-26(12-10-25(24)18-27)30-9-8-14-32-22(30)6;1-3-4-2;2*1-2;/h8-21,31H,7H2,1-6H3;3-4H2,1-2H3;2*1-2H3;1H2. The molecule has 0 amide bonds. The summed E-state index contributed by atoms with van der Waals surface area (Å²) in [7, 11) is 0. The van der Waals surface area contributed by atoms with Gasteiger partial charge in [-0.25, -0.2) is 0 Å². The number of pyridine rings is 1. The number of nitrogens with zero attached hydrogens (tertiary/aromatic N) is 1. The van der Waals surface area contributed by atoms with Crippen LogP contribution in [0.2, 0.25) is 0 Å². The molecule has 41 heavy (non-hydrogen) atoms. The minimum Gasteiger partial charge on any atom is -0.412 e. The summed E-state index contributed by atoms with van der Waals surface area (Å²) in [5.74, 6) is 1.46. The maximum Gasteiger partial charge on any atom is 0.0450 e. The number of hydrogen-bond donors (Lipinski definition) is 0. The zero-order valence-corrected chi connectivity index (χ0v) is 28.2. The van der Waals surface area contributed by atoms with E-state index in [0.717, 1.165) is 12.1 Å². The minimum absolute atomic E-state index is 0. The second-order valence-electron chi connectivity index (χ2n) is 10.7. The topological polar surface area (TPSA) is 44.4 Å². The summed E-state index contributed by atoms with van der Waals surface area (Å²) < 4.78 is 0. The number of hydrogen-bond acceptors (Lipinski definition) is 1. The van der Waals surface area contributed by atoms with Crippen LogP contribution in [0, 0.1) is 12.8 Å². The number of unbranched alkanes of at least 4 members (excludes halogenated alkanes) is 1. The molecule has 1 unspecified atom stereocenters. The Hall–Kier alpha value is -2.97. The molecule has 0 aliphatic rings. The van der Waals surface area contributed by atoms with Crippen LogP contribution in [0.3, 0.4) is 0 Å². The van der Waals surface area contributed by atoms with Gasteiger partial charge in [0, 0.05) is 23.4 Å². The summed E-state index contributed by atoms with van der Waals surface area (Å²) in [6, 6.07) is 25.2. The van der Waals surface area contributed by atoms with Crippen molar-refractivity contribution in [3.05, 3.63) is 101 Å². The second-order valence-corrected chi connectivity index (χ2v) is 10.7. The lowest BCUT2D eigenvalue weighted by atomic mass is 9.80. The molecule has 3 aromatic carbocycles. The largest absolute Gasteiger partial charge is 0.412 e.